The summed E-state index contributed by atoms with van der Waals surface area (Å²) in [6.45, 7) is -0.235. The van der Waals surface area contributed by atoms with E-state index in [0.29, 0.717) is 11.3 Å². The van der Waals surface area contributed by atoms with E-state index in [4.69, 9.17) is 4.74 Å². The Bertz CT molecular complexity index is 671. The Morgan fingerprint density at radius 2 is 1.95 bits per heavy atom. The van der Waals surface area contributed by atoms with Crippen LogP contribution >= 0.6 is 0 Å². The average Bonchev–Trinajstić information content (AvgIpc) is 2.55. The number of ether oxygens (including phenoxy) is 1. The smallest absolute Gasteiger partial charge is 0.251 e. The number of pyridine rings is 1. The fourth-order valence-corrected chi connectivity index (χ4v) is 1.67. The summed E-state index contributed by atoms with van der Waals surface area (Å²) < 4.78 is 5.00. The fourth-order valence-electron chi connectivity index (χ4n) is 1.67. The maximum Gasteiger partial charge on any atom is 0.251 e. The van der Waals surface area contributed by atoms with Crippen LogP contribution in [0.25, 0.3) is 0 Å². The normalized spacial score (nSPS) is 9.86. The lowest BCUT2D eigenvalue weighted by Crippen LogP contribution is -2.33. The van der Waals surface area contributed by atoms with Crippen molar-refractivity contribution in [3.8, 4) is 11.5 Å². The number of aromatic hydroxyl groups is 1. The first-order valence-electron chi connectivity index (χ1n) is 6.46. The molecule has 0 saturated heterocycles. The number of amides is 2. The highest BCUT2D eigenvalue weighted by Gasteiger charge is 2.10. The quantitative estimate of drug-likeness (QED) is 0.769. The minimum Gasteiger partial charge on any atom is -0.504 e. The monoisotopic (exact) mass is 301 g/mol. The molecule has 7 nitrogen and oxygen atoms in total. The second-order valence-corrected chi connectivity index (χ2v) is 4.33. The zero-order chi connectivity index (χ0) is 15.9. The number of aromatic nitrogens is 1. The summed E-state index contributed by atoms with van der Waals surface area (Å²) in [5.41, 5.74) is 0.411. The largest absolute Gasteiger partial charge is 0.504 e. The van der Waals surface area contributed by atoms with Crippen LogP contribution in [0.1, 0.15) is 10.4 Å². The van der Waals surface area contributed by atoms with Crippen molar-refractivity contribution in [2.75, 3.05) is 19.0 Å². The maximum atomic E-state index is 11.9. The highest BCUT2D eigenvalue weighted by atomic mass is 16.5. The Morgan fingerprint density at radius 3 is 2.59 bits per heavy atom. The van der Waals surface area contributed by atoms with Crippen molar-refractivity contribution in [3.05, 3.63) is 48.2 Å². The molecule has 1 aromatic carbocycles. The highest BCUT2D eigenvalue weighted by Crippen LogP contribution is 2.17. The Morgan fingerprint density at radius 1 is 1.23 bits per heavy atom. The molecule has 0 aliphatic carbocycles. The SMILES string of the molecule is COc1ccc(C(=O)NCC(=O)Nc2ncccc2O)cc1. The molecular formula is C15H15N3O4. The summed E-state index contributed by atoms with van der Waals surface area (Å²) in [7, 11) is 1.53. The lowest BCUT2D eigenvalue weighted by Gasteiger charge is -2.07. The minimum atomic E-state index is -0.490. The third-order valence-corrected chi connectivity index (χ3v) is 2.81. The topological polar surface area (TPSA) is 101 Å². The number of hydrogen-bond donors (Lipinski definition) is 3. The second-order valence-electron chi connectivity index (χ2n) is 4.33. The van der Waals surface area contributed by atoms with Crippen LogP contribution in [0.15, 0.2) is 42.6 Å². The third kappa shape index (κ3) is 3.95. The number of rotatable bonds is 5. The van der Waals surface area contributed by atoms with Crippen molar-refractivity contribution >= 4 is 17.6 Å². The van der Waals surface area contributed by atoms with Gasteiger partial charge in [-0.2, -0.15) is 0 Å². The Hall–Kier alpha value is -3.09. The first-order chi connectivity index (χ1) is 10.6. The van der Waals surface area contributed by atoms with Gasteiger partial charge >= 0.3 is 0 Å². The van der Waals surface area contributed by atoms with E-state index in [-0.39, 0.29) is 24.0 Å². The number of anilines is 1. The zero-order valence-electron chi connectivity index (χ0n) is 11.9. The number of benzene rings is 1. The number of methoxy groups -OCH3 is 1. The van der Waals surface area contributed by atoms with E-state index in [1.165, 1.54) is 25.4 Å². The Balaban J connectivity index is 1.87. The van der Waals surface area contributed by atoms with Crippen molar-refractivity contribution in [1.82, 2.24) is 10.3 Å². The van der Waals surface area contributed by atoms with E-state index < -0.39 is 5.91 Å². The molecule has 1 heterocycles. The van der Waals surface area contributed by atoms with Gasteiger partial charge in [0.05, 0.1) is 13.7 Å². The van der Waals surface area contributed by atoms with Crippen molar-refractivity contribution in [1.29, 1.82) is 0 Å². The Labute approximate surface area is 126 Å². The van der Waals surface area contributed by atoms with Gasteiger partial charge in [0.2, 0.25) is 5.91 Å². The molecule has 22 heavy (non-hydrogen) atoms. The van der Waals surface area contributed by atoms with E-state index in [9.17, 15) is 14.7 Å². The van der Waals surface area contributed by atoms with Gasteiger partial charge in [0.1, 0.15) is 5.75 Å². The van der Waals surface area contributed by atoms with Gasteiger partial charge in [-0.1, -0.05) is 0 Å². The fraction of sp³-hybridized carbons (Fsp3) is 0.133. The molecule has 0 spiro atoms. The van der Waals surface area contributed by atoms with Crippen molar-refractivity contribution in [2.45, 2.75) is 0 Å². The third-order valence-electron chi connectivity index (χ3n) is 2.81. The van der Waals surface area contributed by atoms with Gasteiger partial charge in [0.15, 0.2) is 11.6 Å². The molecule has 0 aliphatic rings. The number of carbonyl (C=O) groups is 2. The van der Waals surface area contributed by atoms with Crippen molar-refractivity contribution in [3.63, 3.8) is 0 Å². The maximum absolute atomic E-state index is 11.9. The Kier molecular flexibility index (Phi) is 4.92. The molecule has 0 fully saturated rings. The first kappa shape index (κ1) is 15.3. The molecule has 0 unspecified atom stereocenters. The van der Waals surface area contributed by atoms with Gasteiger partial charge in [-0.3, -0.25) is 9.59 Å². The number of carbonyl (C=O) groups excluding carboxylic acids is 2. The van der Waals surface area contributed by atoms with Gasteiger partial charge in [-0.05, 0) is 36.4 Å². The second kappa shape index (κ2) is 7.07. The highest BCUT2D eigenvalue weighted by molar-refractivity contribution is 5.99. The molecule has 3 N–H and O–H groups in total. The number of hydrogen-bond acceptors (Lipinski definition) is 5. The average molecular weight is 301 g/mol. The summed E-state index contributed by atoms with van der Waals surface area (Å²) in [4.78, 5) is 27.4. The lowest BCUT2D eigenvalue weighted by molar-refractivity contribution is -0.115. The molecule has 7 heteroatoms. The van der Waals surface area contributed by atoms with Crippen LogP contribution in [0.4, 0.5) is 5.82 Å². The summed E-state index contributed by atoms with van der Waals surface area (Å²) >= 11 is 0. The number of nitrogens with one attached hydrogen (secondary N) is 2. The van der Waals surface area contributed by atoms with Crippen LogP contribution < -0.4 is 15.4 Å². The summed E-state index contributed by atoms with van der Waals surface area (Å²) in [6.07, 6.45) is 1.44. The molecule has 1 aromatic heterocycles. The van der Waals surface area contributed by atoms with E-state index in [1.54, 1.807) is 24.3 Å². The van der Waals surface area contributed by atoms with E-state index in [0.717, 1.165) is 0 Å². The number of nitrogens with zero attached hydrogens (tertiary/aromatic N) is 1. The standard InChI is InChI=1S/C15H15N3O4/c1-22-11-6-4-10(5-7-11)15(21)17-9-13(20)18-14-12(19)3-2-8-16-14/h2-8,19H,9H2,1H3,(H,17,21)(H,16,18,20). The van der Waals surface area contributed by atoms with Crippen LogP contribution in [-0.4, -0.2) is 35.6 Å². The molecular weight excluding hydrogens is 286 g/mol. The van der Waals surface area contributed by atoms with Gasteiger partial charge < -0.3 is 20.5 Å². The van der Waals surface area contributed by atoms with E-state index >= 15 is 0 Å². The van der Waals surface area contributed by atoms with Crippen molar-refractivity contribution in [2.24, 2.45) is 0 Å². The summed E-state index contributed by atoms with van der Waals surface area (Å²) in [5.74, 6) is -0.331. The van der Waals surface area contributed by atoms with Crippen molar-refractivity contribution < 1.29 is 19.4 Å². The van der Waals surface area contributed by atoms with Gasteiger partial charge in [0, 0.05) is 11.8 Å². The predicted molar refractivity (Wildman–Crippen MR) is 79.9 cm³/mol. The van der Waals surface area contributed by atoms with Gasteiger partial charge in [-0.15, -0.1) is 0 Å². The van der Waals surface area contributed by atoms with Gasteiger partial charge in [-0.25, -0.2) is 4.98 Å². The van der Waals surface area contributed by atoms with Gasteiger partial charge in [0.25, 0.3) is 5.91 Å². The minimum absolute atomic E-state index is 0.0474. The molecule has 114 valence electrons. The molecule has 2 amide bonds. The molecule has 0 bridgehead atoms. The van der Waals surface area contributed by atoms with Crippen LogP contribution in [0.3, 0.4) is 0 Å². The summed E-state index contributed by atoms with van der Waals surface area (Å²) in [6, 6.07) is 9.43. The first-order valence-corrected chi connectivity index (χ1v) is 6.46. The van der Waals surface area contributed by atoms with Crippen LogP contribution in [0, 0.1) is 0 Å². The predicted octanol–water partition coefficient (Wildman–Crippen LogP) is 1.16. The molecule has 0 saturated carbocycles. The van der Waals surface area contributed by atoms with Crippen LogP contribution in [0.2, 0.25) is 0 Å². The zero-order valence-corrected chi connectivity index (χ0v) is 11.9. The molecule has 0 aliphatic heterocycles. The molecule has 0 radical (unpaired) electrons. The molecule has 2 aromatic rings. The summed E-state index contributed by atoms with van der Waals surface area (Å²) in [5, 5.41) is 14.4. The lowest BCUT2D eigenvalue weighted by atomic mass is 10.2. The van der Waals surface area contributed by atoms with Crippen LogP contribution in [0.5, 0.6) is 11.5 Å². The van der Waals surface area contributed by atoms with E-state index in [1.807, 2.05) is 0 Å². The molecule has 2 rings (SSSR count). The molecule has 0 atom stereocenters. The van der Waals surface area contributed by atoms with Crippen LogP contribution in [-0.2, 0) is 4.79 Å². The van der Waals surface area contributed by atoms with E-state index in [2.05, 4.69) is 15.6 Å².